The van der Waals surface area contributed by atoms with Crippen molar-refractivity contribution in [3.8, 4) is 0 Å². The van der Waals surface area contributed by atoms with Crippen molar-refractivity contribution >= 4 is 11.8 Å². The minimum absolute atomic E-state index is 0.557. The SMILES string of the molecule is CC[C@@H](C)Sc1ncc(CN2CCN(Cc3noc(C)n3)CC2)cn1. The van der Waals surface area contributed by atoms with Gasteiger partial charge in [0.1, 0.15) is 0 Å². The number of hydrogen-bond acceptors (Lipinski definition) is 8. The molecule has 1 atom stereocenters. The molecule has 136 valence electrons. The Kier molecular flexibility index (Phi) is 6.39. The summed E-state index contributed by atoms with van der Waals surface area (Å²) in [7, 11) is 0. The largest absolute Gasteiger partial charge is 0.340 e. The van der Waals surface area contributed by atoms with E-state index < -0.39 is 0 Å². The van der Waals surface area contributed by atoms with Gasteiger partial charge in [-0.2, -0.15) is 4.98 Å². The van der Waals surface area contributed by atoms with E-state index in [2.05, 4.69) is 43.8 Å². The third kappa shape index (κ3) is 5.49. The lowest BCUT2D eigenvalue weighted by Crippen LogP contribution is -2.45. The van der Waals surface area contributed by atoms with Gasteiger partial charge in [0.05, 0.1) is 6.54 Å². The van der Waals surface area contributed by atoms with Gasteiger partial charge < -0.3 is 4.52 Å². The average molecular weight is 363 g/mol. The van der Waals surface area contributed by atoms with Gasteiger partial charge in [-0.05, 0) is 6.42 Å². The first kappa shape index (κ1) is 18.3. The molecule has 3 rings (SSSR count). The summed E-state index contributed by atoms with van der Waals surface area (Å²) in [6.07, 6.45) is 5.06. The monoisotopic (exact) mass is 362 g/mol. The molecule has 0 radical (unpaired) electrons. The first-order valence-corrected chi connectivity index (χ1v) is 9.72. The van der Waals surface area contributed by atoms with Crippen molar-refractivity contribution in [2.24, 2.45) is 0 Å². The van der Waals surface area contributed by atoms with E-state index in [4.69, 9.17) is 4.52 Å². The predicted octanol–water partition coefficient (Wildman–Crippen LogP) is 2.38. The van der Waals surface area contributed by atoms with Gasteiger partial charge in [0.15, 0.2) is 11.0 Å². The topological polar surface area (TPSA) is 71.2 Å². The molecule has 0 unspecified atom stereocenters. The lowest BCUT2D eigenvalue weighted by atomic mass is 10.2. The summed E-state index contributed by atoms with van der Waals surface area (Å²) in [4.78, 5) is 18.1. The number of hydrogen-bond donors (Lipinski definition) is 0. The smallest absolute Gasteiger partial charge is 0.223 e. The zero-order valence-corrected chi connectivity index (χ0v) is 16.0. The molecule has 3 heterocycles. The summed E-state index contributed by atoms with van der Waals surface area (Å²) in [5, 5.41) is 5.40. The van der Waals surface area contributed by atoms with E-state index in [0.717, 1.165) is 56.7 Å². The van der Waals surface area contributed by atoms with Crippen LogP contribution in [0.25, 0.3) is 0 Å². The molecule has 0 spiro atoms. The second-order valence-corrected chi connectivity index (χ2v) is 7.90. The third-order valence-corrected chi connectivity index (χ3v) is 5.53. The van der Waals surface area contributed by atoms with E-state index in [1.807, 2.05) is 19.3 Å². The molecule has 1 aliphatic heterocycles. The van der Waals surface area contributed by atoms with Crippen molar-refractivity contribution in [2.45, 2.75) is 50.7 Å². The Bertz CT molecular complexity index is 653. The van der Waals surface area contributed by atoms with Crippen LogP contribution in [0.15, 0.2) is 22.1 Å². The first-order chi connectivity index (χ1) is 12.1. The van der Waals surface area contributed by atoms with Crippen LogP contribution < -0.4 is 0 Å². The van der Waals surface area contributed by atoms with Gasteiger partial charge >= 0.3 is 0 Å². The normalized spacial score (nSPS) is 17.7. The highest BCUT2D eigenvalue weighted by Crippen LogP contribution is 2.21. The van der Waals surface area contributed by atoms with Crippen LogP contribution in [0.5, 0.6) is 0 Å². The highest BCUT2D eigenvalue weighted by molar-refractivity contribution is 7.99. The molecule has 8 heteroatoms. The molecule has 1 fully saturated rings. The van der Waals surface area contributed by atoms with Gasteiger partial charge in [-0.25, -0.2) is 9.97 Å². The Hall–Kier alpha value is -1.51. The molecule has 7 nitrogen and oxygen atoms in total. The van der Waals surface area contributed by atoms with Crippen molar-refractivity contribution < 1.29 is 4.52 Å². The van der Waals surface area contributed by atoms with Crippen molar-refractivity contribution in [3.63, 3.8) is 0 Å². The molecule has 0 aromatic carbocycles. The van der Waals surface area contributed by atoms with Gasteiger partial charge in [0.2, 0.25) is 5.89 Å². The Labute approximate surface area is 153 Å². The summed E-state index contributed by atoms with van der Waals surface area (Å²) in [6.45, 7) is 12.0. The van der Waals surface area contributed by atoms with E-state index in [-0.39, 0.29) is 0 Å². The van der Waals surface area contributed by atoms with Gasteiger partial charge in [0.25, 0.3) is 0 Å². The number of aromatic nitrogens is 4. The second-order valence-electron chi connectivity index (χ2n) is 6.49. The van der Waals surface area contributed by atoms with Gasteiger partial charge in [-0.1, -0.05) is 30.8 Å². The van der Waals surface area contributed by atoms with Crippen molar-refractivity contribution in [1.29, 1.82) is 0 Å². The maximum Gasteiger partial charge on any atom is 0.223 e. The maximum atomic E-state index is 5.03. The minimum Gasteiger partial charge on any atom is -0.340 e. The van der Waals surface area contributed by atoms with Crippen LogP contribution in [-0.2, 0) is 13.1 Å². The summed E-state index contributed by atoms with van der Waals surface area (Å²) in [5.41, 5.74) is 1.18. The Morgan fingerprint density at radius 2 is 1.76 bits per heavy atom. The number of thioether (sulfide) groups is 1. The molecule has 2 aromatic heterocycles. The zero-order chi connectivity index (χ0) is 17.6. The van der Waals surface area contributed by atoms with Crippen LogP contribution in [0.1, 0.15) is 37.5 Å². The minimum atomic E-state index is 0.557. The van der Waals surface area contributed by atoms with Crippen LogP contribution in [0.3, 0.4) is 0 Å². The van der Waals surface area contributed by atoms with Crippen molar-refractivity contribution in [2.75, 3.05) is 26.2 Å². The van der Waals surface area contributed by atoms with E-state index in [9.17, 15) is 0 Å². The summed E-state index contributed by atoms with van der Waals surface area (Å²) in [5.74, 6) is 1.40. The van der Waals surface area contributed by atoms with E-state index in [1.165, 1.54) is 5.56 Å². The molecule has 0 amide bonds. The number of nitrogens with zero attached hydrogens (tertiary/aromatic N) is 6. The lowest BCUT2D eigenvalue weighted by molar-refractivity contribution is 0.119. The maximum absolute atomic E-state index is 5.03. The van der Waals surface area contributed by atoms with Crippen LogP contribution in [0, 0.1) is 6.92 Å². The predicted molar refractivity (Wildman–Crippen MR) is 97.2 cm³/mol. The molecule has 0 aliphatic carbocycles. The third-order valence-electron chi connectivity index (χ3n) is 4.37. The Balaban J connectivity index is 1.44. The highest BCUT2D eigenvalue weighted by atomic mass is 32.2. The van der Waals surface area contributed by atoms with Gasteiger partial charge in [-0.15, -0.1) is 0 Å². The van der Waals surface area contributed by atoms with Crippen molar-refractivity contribution in [1.82, 2.24) is 29.9 Å². The van der Waals surface area contributed by atoms with Crippen LogP contribution in [-0.4, -0.2) is 61.3 Å². The van der Waals surface area contributed by atoms with Crippen molar-refractivity contribution in [3.05, 3.63) is 29.7 Å². The van der Waals surface area contributed by atoms with Gasteiger partial charge in [0, 0.05) is 62.9 Å². The first-order valence-electron chi connectivity index (χ1n) is 8.84. The van der Waals surface area contributed by atoms with Gasteiger partial charge in [-0.3, -0.25) is 9.80 Å². The van der Waals surface area contributed by atoms with Crippen LogP contribution in [0.2, 0.25) is 0 Å². The summed E-state index contributed by atoms with van der Waals surface area (Å²) in [6, 6.07) is 0. The Morgan fingerprint density at radius 1 is 1.12 bits per heavy atom. The molecule has 0 bridgehead atoms. The van der Waals surface area contributed by atoms with E-state index in [0.29, 0.717) is 11.1 Å². The molecule has 0 saturated carbocycles. The molecular formula is C17H26N6OS. The molecule has 25 heavy (non-hydrogen) atoms. The summed E-state index contributed by atoms with van der Waals surface area (Å²) < 4.78 is 5.03. The highest BCUT2D eigenvalue weighted by Gasteiger charge is 2.19. The second kappa shape index (κ2) is 8.73. The molecule has 1 aliphatic rings. The Morgan fingerprint density at radius 3 is 2.32 bits per heavy atom. The zero-order valence-electron chi connectivity index (χ0n) is 15.2. The standard InChI is InChI=1S/C17H26N6OS/c1-4-13(2)25-17-18-9-15(10-19-17)11-22-5-7-23(8-6-22)12-16-20-14(3)24-21-16/h9-10,13H,4-8,11-12H2,1-3H3/t13-/m1/s1. The molecule has 1 saturated heterocycles. The average Bonchev–Trinajstić information content (AvgIpc) is 3.03. The van der Waals surface area contributed by atoms with E-state index in [1.54, 1.807) is 11.8 Å². The molecular weight excluding hydrogens is 336 g/mol. The summed E-state index contributed by atoms with van der Waals surface area (Å²) >= 11 is 1.74. The fourth-order valence-electron chi connectivity index (χ4n) is 2.72. The molecule has 0 N–H and O–H groups in total. The quantitative estimate of drug-likeness (QED) is 0.549. The number of rotatable bonds is 7. The fourth-order valence-corrected chi connectivity index (χ4v) is 3.47. The molecule has 2 aromatic rings. The number of piperazine rings is 1. The van der Waals surface area contributed by atoms with E-state index >= 15 is 0 Å². The lowest BCUT2D eigenvalue weighted by Gasteiger charge is -2.33. The fraction of sp³-hybridized carbons (Fsp3) is 0.647. The van der Waals surface area contributed by atoms with Crippen LogP contribution in [0.4, 0.5) is 0 Å². The van der Waals surface area contributed by atoms with Crippen LogP contribution >= 0.6 is 11.8 Å². The number of aryl methyl sites for hydroxylation is 1.